The van der Waals surface area contributed by atoms with E-state index in [-0.39, 0.29) is 12.0 Å². The van der Waals surface area contributed by atoms with Gasteiger partial charge in [0.1, 0.15) is 11.9 Å². The van der Waals surface area contributed by atoms with Crippen LogP contribution in [0.3, 0.4) is 0 Å². The monoisotopic (exact) mass is 433 g/mol. The highest BCUT2D eigenvalue weighted by atomic mass is 35.5. The van der Waals surface area contributed by atoms with Crippen molar-refractivity contribution >= 4 is 29.1 Å². The Morgan fingerprint density at radius 3 is 2.28 bits per heavy atom. The average molecular weight is 434 g/mol. The van der Waals surface area contributed by atoms with Crippen LogP contribution in [0.4, 0.5) is 0 Å². The molecule has 0 radical (unpaired) electrons. The van der Waals surface area contributed by atoms with Crippen LogP contribution in [-0.4, -0.2) is 59.0 Å². The molecule has 0 saturated carbocycles. The number of carbonyl (C=O) groups is 1. The van der Waals surface area contributed by atoms with E-state index in [9.17, 15) is 4.79 Å². The third-order valence-electron chi connectivity index (χ3n) is 5.86. The topological polar surface area (TPSA) is 45.7 Å². The normalized spacial score (nSPS) is 19.3. The fourth-order valence-electron chi connectivity index (χ4n) is 4.21. The highest BCUT2D eigenvalue weighted by molar-refractivity contribution is 6.42. The van der Waals surface area contributed by atoms with E-state index < -0.39 is 0 Å². The average Bonchev–Trinajstić information content (AvgIpc) is 2.77. The molecule has 4 rings (SSSR count). The standard InChI is InChI=1S/C22H25Cl2N3O2/c23-20-2-1-16(15-21(20)24)22(28)27-11-5-17(6-12-27)26-13-7-19(8-14-26)29-18-3-9-25-10-4-18/h1-4,9-10,15,17,19H,5-8,11-14H2. The Morgan fingerprint density at radius 2 is 1.62 bits per heavy atom. The van der Waals surface area contributed by atoms with Crippen molar-refractivity contribution in [3.8, 4) is 5.75 Å². The highest BCUT2D eigenvalue weighted by Gasteiger charge is 2.30. The first-order chi connectivity index (χ1) is 14.1. The molecule has 2 saturated heterocycles. The smallest absolute Gasteiger partial charge is 0.253 e. The van der Waals surface area contributed by atoms with Gasteiger partial charge < -0.3 is 9.64 Å². The van der Waals surface area contributed by atoms with Gasteiger partial charge in [-0.3, -0.25) is 14.7 Å². The summed E-state index contributed by atoms with van der Waals surface area (Å²) >= 11 is 12.0. The molecule has 1 amide bonds. The van der Waals surface area contributed by atoms with Gasteiger partial charge in [0.15, 0.2) is 0 Å². The van der Waals surface area contributed by atoms with Gasteiger partial charge in [-0.15, -0.1) is 0 Å². The molecule has 2 fully saturated rings. The van der Waals surface area contributed by atoms with Crippen molar-refractivity contribution in [1.29, 1.82) is 0 Å². The van der Waals surface area contributed by atoms with Crippen LogP contribution < -0.4 is 4.74 Å². The number of aromatic nitrogens is 1. The number of piperidine rings is 2. The molecule has 1 aromatic carbocycles. The number of pyridine rings is 1. The summed E-state index contributed by atoms with van der Waals surface area (Å²) in [6.45, 7) is 3.64. The molecule has 0 aliphatic carbocycles. The fraction of sp³-hybridized carbons (Fsp3) is 0.455. The van der Waals surface area contributed by atoms with E-state index >= 15 is 0 Å². The summed E-state index contributed by atoms with van der Waals surface area (Å²) in [7, 11) is 0. The van der Waals surface area contributed by atoms with E-state index in [1.54, 1.807) is 30.6 Å². The predicted molar refractivity (Wildman–Crippen MR) is 115 cm³/mol. The second-order valence-corrected chi connectivity index (χ2v) is 8.50. The van der Waals surface area contributed by atoms with Crippen LogP contribution in [0, 0.1) is 0 Å². The zero-order chi connectivity index (χ0) is 20.2. The minimum atomic E-state index is 0.0338. The first-order valence-corrected chi connectivity index (χ1v) is 10.9. The van der Waals surface area contributed by atoms with Gasteiger partial charge in [0, 0.05) is 50.2 Å². The van der Waals surface area contributed by atoms with Crippen LogP contribution in [0.25, 0.3) is 0 Å². The zero-order valence-electron chi connectivity index (χ0n) is 16.3. The Morgan fingerprint density at radius 1 is 0.931 bits per heavy atom. The molecule has 3 heterocycles. The second kappa shape index (κ2) is 9.33. The lowest BCUT2D eigenvalue weighted by molar-refractivity contribution is 0.0425. The van der Waals surface area contributed by atoms with Gasteiger partial charge in [0.2, 0.25) is 0 Å². The van der Waals surface area contributed by atoms with Crippen molar-refractivity contribution in [1.82, 2.24) is 14.8 Å². The highest BCUT2D eigenvalue weighted by Crippen LogP contribution is 2.26. The maximum atomic E-state index is 12.8. The van der Waals surface area contributed by atoms with E-state index in [4.69, 9.17) is 27.9 Å². The number of halogens is 2. The zero-order valence-corrected chi connectivity index (χ0v) is 17.8. The number of likely N-dealkylation sites (tertiary alicyclic amines) is 2. The van der Waals surface area contributed by atoms with E-state index in [1.807, 2.05) is 17.0 Å². The SMILES string of the molecule is O=C(c1ccc(Cl)c(Cl)c1)N1CCC(N2CCC(Oc3ccncc3)CC2)CC1. The van der Waals surface area contributed by atoms with Gasteiger partial charge >= 0.3 is 0 Å². The Kier molecular flexibility index (Phi) is 6.58. The lowest BCUT2D eigenvalue weighted by Crippen LogP contribution is -2.50. The van der Waals surface area contributed by atoms with Crippen LogP contribution in [0.1, 0.15) is 36.0 Å². The van der Waals surface area contributed by atoms with Crippen molar-refractivity contribution in [2.75, 3.05) is 26.2 Å². The molecular weight excluding hydrogens is 409 g/mol. The Bertz CT molecular complexity index is 833. The van der Waals surface area contributed by atoms with E-state index in [0.29, 0.717) is 21.7 Å². The summed E-state index contributed by atoms with van der Waals surface area (Å²) in [4.78, 5) is 21.3. The van der Waals surface area contributed by atoms with Crippen molar-refractivity contribution in [2.45, 2.75) is 37.8 Å². The van der Waals surface area contributed by atoms with Gasteiger partial charge in [-0.25, -0.2) is 0 Å². The molecular formula is C22H25Cl2N3O2. The first-order valence-electron chi connectivity index (χ1n) is 10.2. The largest absolute Gasteiger partial charge is 0.490 e. The molecule has 2 aliphatic rings. The summed E-state index contributed by atoms with van der Waals surface area (Å²) in [5.74, 6) is 0.930. The fourth-order valence-corrected chi connectivity index (χ4v) is 4.51. The predicted octanol–water partition coefficient (Wildman–Crippen LogP) is 4.54. The summed E-state index contributed by atoms with van der Waals surface area (Å²) in [6, 6.07) is 9.44. The Hall–Kier alpha value is -1.82. The van der Waals surface area contributed by atoms with Crippen LogP contribution in [0.5, 0.6) is 5.75 Å². The van der Waals surface area contributed by atoms with Crippen molar-refractivity contribution in [3.05, 3.63) is 58.3 Å². The van der Waals surface area contributed by atoms with Crippen LogP contribution in [0.2, 0.25) is 10.0 Å². The van der Waals surface area contributed by atoms with Crippen molar-refractivity contribution < 1.29 is 9.53 Å². The van der Waals surface area contributed by atoms with Gasteiger partial charge in [-0.05, 0) is 56.0 Å². The molecule has 2 aromatic rings. The van der Waals surface area contributed by atoms with Crippen LogP contribution in [-0.2, 0) is 0 Å². The number of benzene rings is 1. The molecule has 5 nitrogen and oxygen atoms in total. The van der Waals surface area contributed by atoms with Gasteiger partial charge in [-0.1, -0.05) is 23.2 Å². The lowest BCUT2D eigenvalue weighted by atomic mass is 9.98. The second-order valence-electron chi connectivity index (χ2n) is 7.69. The molecule has 7 heteroatoms. The van der Waals surface area contributed by atoms with Gasteiger partial charge in [0.05, 0.1) is 10.0 Å². The molecule has 0 atom stereocenters. The maximum absolute atomic E-state index is 12.8. The van der Waals surface area contributed by atoms with E-state index in [1.165, 1.54) is 0 Å². The van der Waals surface area contributed by atoms with Gasteiger partial charge in [-0.2, -0.15) is 0 Å². The number of hydrogen-bond acceptors (Lipinski definition) is 4. The quantitative estimate of drug-likeness (QED) is 0.709. The molecule has 0 N–H and O–H groups in total. The first kappa shape index (κ1) is 20.5. The van der Waals surface area contributed by atoms with Crippen LogP contribution in [0.15, 0.2) is 42.7 Å². The molecule has 0 spiro atoms. The minimum Gasteiger partial charge on any atom is -0.490 e. The number of rotatable bonds is 4. The number of nitrogens with zero attached hydrogens (tertiary/aromatic N) is 3. The third-order valence-corrected chi connectivity index (χ3v) is 6.60. The van der Waals surface area contributed by atoms with E-state index in [2.05, 4.69) is 9.88 Å². The number of hydrogen-bond donors (Lipinski definition) is 0. The maximum Gasteiger partial charge on any atom is 0.253 e. The molecule has 2 aliphatic heterocycles. The summed E-state index contributed by atoms with van der Waals surface area (Å²) in [5, 5.41) is 0.891. The van der Waals surface area contributed by atoms with Crippen molar-refractivity contribution in [2.24, 2.45) is 0 Å². The number of ether oxygens (including phenoxy) is 1. The Labute approximate surface area is 181 Å². The molecule has 29 heavy (non-hydrogen) atoms. The van der Waals surface area contributed by atoms with Crippen molar-refractivity contribution in [3.63, 3.8) is 0 Å². The molecule has 0 bridgehead atoms. The van der Waals surface area contributed by atoms with Crippen LogP contribution >= 0.6 is 23.2 Å². The lowest BCUT2D eigenvalue weighted by Gasteiger charge is -2.41. The Balaban J connectivity index is 1.25. The van der Waals surface area contributed by atoms with Gasteiger partial charge in [0.25, 0.3) is 5.91 Å². The third kappa shape index (κ3) is 5.03. The number of carbonyl (C=O) groups excluding carboxylic acids is 1. The number of amides is 1. The molecule has 0 unspecified atom stereocenters. The summed E-state index contributed by atoms with van der Waals surface area (Å²) < 4.78 is 6.07. The molecule has 154 valence electrons. The summed E-state index contributed by atoms with van der Waals surface area (Å²) in [5.41, 5.74) is 0.604. The minimum absolute atomic E-state index is 0.0338. The van der Waals surface area contributed by atoms with E-state index in [0.717, 1.165) is 57.6 Å². The summed E-state index contributed by atoms with van der Waals surface area (Å²) in [6.07, 6.45) is 7.86. The molecule has 1 aromatic heterocycles.